The smallest absolute Gasteiger partial charge is 0.457 e. The third-order valence-corrected chi connectivity index (χ3v) is 4.37. The number of para-hydroxylation sites is 2. The highest BCUT2D eigenvalue weighted by Gasteiger charge is 2.38. The van der Waals surface area contributed by atoms with Crippen molar-refractivity contribution in [2.75, 3.05) is 0 Å². The third-order valence-electron chi connectivity index (χ3n) is 4.37. The first-order chi connectivity index (χ1) is 15.1. The zero-order valence-corrected chi connectivity index (χ0v) is 16.6. The maximum atomic E-state index is 13.6. The van der Waals surface area contributed by atoms with Crippen molar-refractivity contribution in [1.29, 1.82) is 0 Å². The lowest BCUT2D eigenvalue weighted by atomic mass is 10.0. The molecule has 0 N–H and O–H groups in total. The quantitative estimate of drug-likeness (QED) is 0.339. The Labute approximate surface area is 180 Å². The molecular weight excluding hydrogens is 434 g/mol. The monoisotopic (exact) mass is 452 g/mol. The summed E-state index contributed by atoms with van der Waals surface area (Å²) in [6.45, 7) is 0. The van der Waals surface area contributed by atoms with Crippen LogP contribution in [0.15, 0.2) is 84.9 Å². The topological polar surface area (TPSA) is 18.5 Å². The molecule has 32 heavy (non-hydrogen) atoms. The molecule has 0 bridgehead atoms. The molecule has 168 valence electrons. The molecule has 8 heteroatoms. The van der Waals surface area contributed by atoms with E-state index in [-0.39, 0.29) is 12.8 Å². The van der Waals surface area contributed by atoms with Gasteiger partial charge >= 0.3 is 12.5 Å². The second kappa shape index (κ2) is 9.80. The number of benzene rings is 3. The molecule has 0 unspecified atom stereocenters. The molecule has 3 rings (SSSR count). The second-order valence-electron chi connectivity index (χ2n) is 6.76. The number of aryl methyl sites for hydroxylation is 1. The summed E-state index contributed by atoms with van der Waals surface area (Å²) < 4.78 is 88.2. The van der Waals surface area contributed by atoms with E-state index in [0.29, 0.717) is 11.5 Å². The number of allylic oxidation sites excluding steroid dienone is 2. The van der Waals surface area contributed by atoms with Crippen molar-refractivity contribution >= 4 is 5.57 Å². The van der Waals surface area contributed by atoms with Crippen molar-refractivity contribution < 1.29 is 35.8 Å². The van der Waals surface area contributed by atoms with Crippen LogP contribution in [-0.4, -0.2) is 12.5 Å². The Balaban J connectivity index is 1.78. The average Bonchev–Trinajstić information content (AvgIpc) is 2.71. The normalized spacial score (nSPS) is 12.5. The van der Waals surface area contributed by atoms with Crippen LogP contribution in [0.5, 0.6) is 17.2 Å². The van der Waals surface area contributed by atoms with Crippen molar-refractivity contribution in [3.8, 4) is 17.2 Å². The molecule has 0 saturated heterocycles. The van der Waals surface area contributed by atoms with Crippen molar-refractivity contribution in [3.05, 3.63) is 96.1 Å². The Bertz CT molecular complexity index is 1060. The van der Waals surface area contributed by atoms with Gasteiger partial charge in [-0.3, -0.25) is 0 Å². The first-order valence-electron chi connectivity index (χ1n) is 9.56. The first kappa shape index (κ1) is 23.2. The van der Waals surface area contributed by atoms with Gasteiger partial charge in [0.15, 0.2) is 0 Å². The fraction of sp³-hybridized carbons (Fsp3) is 0.167. The van der Waals surface area contributed by atoms with Crippen LogP contribution in [0.25, 0.3) is 5.57 Å². The van der Waals surface area contributed by atoms with Crippen molar-refractivity contribution in [2.24, 2.45) is 0 Å². The summed E-state index contributed by atoms with van der Waals surface area (Å²) >= 11 is 0. The maximum Gasteiger partial charge on any atom is 0.573 e. The van der Waals surface area contributed by atoms with Gasteiger partial charge in [-0.2, -0.15) is 13.2 Å². The second-order valence-corrected chi connectivity index (χ2v) is 6.76. The van der Waals surface area contributed by atoms with E-state index in [1.165, 1.54) is 12.1 Å². The third kappa shape index (κ3) is 6.80. The molecule has 0 aliphatic rings. The Hall–Kier alpha value is -3.42. The van der Waals surface area contributed by atoms with E-state index in [2.05, 4.69) is 4.74 Å². The van der Waals surface area contributed by atoms with Crippen LogP contribution in [0.3, 0.4) is 0 Å². The molecule has 0 saturated carbocycles. The molecule has 3 aromatic rings. The average molecular weight is 452 g/mol. The minimum atomic E-state index is -5.11. The summed E-state index contributed by atoms with van der Waals surface area (Å²) in [6, 6.07) is 20.1. The van der Waals surface area contributed by atoms with E-state index >= 15 is 0 Å². The van der Waals surface area contributed by atoms with Crippen molar-refractivity contribution in [2.45, 2.75) is 25.4 Å². The molecule has 0 fully saturated rings. The van der Waals surface area contributed by atoms with E-state index < -0.39 is 29.4 Å². The lowest BCUT2D eigenvalue weighted by molar-refractivity contribution is -0.274. The summed E-state index contributed by atoms with van der Waals surface area (Å²) in [4.78, 5) is 0. The highest BCUT2D eigenvalue weighted by molar-refractivity contribution is 5.74. The molecule has 0 aliphatic carbocycles. The highest BCUT2D eigenvalue weighted by Crippen LogP contribution is 2.40. The van der Waals surface area contributed by atoms with Crippen LogP contribution < -0.4 is 9.47 Å². The van der Waals surface area contributed by atoms with Gasteiger partial charge in [0.1, 0.15) is 17.2 Å². The van der Waals surface area contributed by atoms with Gasteiger partial charge in [0.25, 0.3) is 0 Å². The molecule has 0 aromatic heterocycles. The van der Waals surface area contributed by atoms with E-state index in [1.807, 2.05) is 18.2 Å². The fourth-order valence-corrected chi connectivity index (χ4v) is 3.05. The van der Waals surface area contributed by atoms with E-state index in [0.717, 1.165) is 23.8 Å². The zero-order chi connectivity index (χ0) is 23.2. The van der Waals surface area contributed by atoms with Crippen LogP contribution >= 0.6 is 0 Å². The predicted molar refractivity (Wildman–Crippen MR) is 108 cm³/mol. The fourth-order valence-electron chi connectivity index (χ4n) is 3.05. The van der Waals surface area contributed by atoms with E-state index in [1.54, 1.807) is 36.4 Å². The summed E-state index contributed by atoms with van der Waals surface area (Å²) in [7, 11) is 0. The number of halogens is 6. The highest BCUT2D eigenvalue weighted by atomic mass is 19.4. The number of hydrogen-bond donors (Lipinski definition) is 0. The lowest BCUT2D eigenvalue weighted by Gasteiger charge is -2.17. The number of hydrogen-bond acceptors (Lipinski definition) is 2. The number of alkyl halides is 6. The number of ether oxygens (including phenoxy) is 2. The summed E-state index contributed by atoms with van der Waals surface area (Å²) in [5.74, 6) is 0.240. The first-order valence-corrected chi connectivity index (χ1v) is 9.56. The molecule has 0 aliphatic heterocycles. The molecule has 0 radical (unpaired) electrons. The molecule has 0 atom stereocenters. The van der Waals surface area contributed by atoms with Gasteiger partial charge in [-0.15, -0.1) is 13.2 Å². The largest absolute Gasteiger partial charge is 0.573 e. The van der Waals surface area contributed by atoms with Gasteiger partial charge in [0.05, 0.1) is 5.57 Å². The van der Waals surface area contributed by atoms with Gasteiger partial charge in [-0.1, -0.05) is 54.6 Å². The summed E-state index contributed by atoms with van der Waals surface area (Å²) in [5.41, 5.74) is -1.14. The molecule has 0 heterocycles. The summed E-state index contributed by atoms with van der Waals surface area (Å²) in [6.07, 6.45) is -8.91. The molecule has 0 amide bonds. The van der Waals surface area contributed by atoms with Crippen LogP contribution in [0.1, 0.15) is 17.5 Å². The lowest BCUT2D eigenvalue weighted by Crippen LogP contribution is -2.19. The van der Waals surface area contributed by atoms with Crippen molar-refractivity contribution in [1.82, 2.24) is 0 Å². The predicted octanol–water partition coefficient (Wildman–Crippen LogP) is 7.96. The van der Waals surface area contributed by atoms with Crippen LogP contribution in [0, 0.1) is 0 Å². The summed E-state index contributed by atoms with van der Waals surface area (Å²) in [5, 5.41) is 0. The van der Waals surface area contributed by atoms with E-state index in [9.17, 15) is 26.3 Å². The van der Waals surface area contributed by atoms with Crippen LogP contribution in [0.4, 0.5) is 26.3 Å². The maximum absolute atomic E-state index is 13.6. The van der Waals surface area contributed by atoms with Gasteiger partial charge < -0.3 is 9.47 Å². The van der Waals surface area contributed by atoms with Crippen LogP contribution in [-0.2, 0) is 6.42 Å². The van der Waals surface area contributed by atoms with Crippen molar-refractivity contribution in [3.63, 3.8) is 0 Å². The zero-order valence-electron chi connectivity index (χ0n) is 16.6. The minimum absolute atomic E-state index is 0.0516. The SMILES string of the molecule is FC(F)(F)Oc1ccccc1/C(=C\CCc1cccc(Oc2ccccc2)c1)C(F)(F)F. The van der Waals surface area contributed by atoms with Gasteiger partial charge in [-0.25, -0.2) is 0 Å². The number of rotatable bonds is 7. The molecular formula is C24H18F6O2. The Morgan fingerprint density at radius 2 is 1.41 bits per heavy atom. The van der Waals surface area contributed by atoms with Gasteiger partial charge in [0, 0.05) is 5.56 Å². The molecule has 0 spiro atoms. The van der Waals surface area contributed by atoms with E-state index in [4.69, 9.17) is 4.74 Å². The van der Waals surface area contributed by atoms with Gasteiger partial charge in [-0.05, 0) is 48.7 Å². The van der Waals surface area contributed by atoms with Gasteiger partial charge in [0.2, 0.25) is 0 Å². The Morgan fingerprint density at radius 1 is 0.750 bits per heavy atom. The minimum Gasteiger partial charge on any atom is -0.457 e. The molecule has 2 nitrogen and oxygen atoms in total. The molecule has 3 aromatic carbocycles. The standard InChI is InChI=1S/C24H18F6O2/c25-23(26,27)21(20-13-4-5-15-22(20)32-24(28,29)30)14-7-9-17-8-6-12-19(16-17)31-18-10-2-1-3-11-18/h1-6,8,10-16H,7,9H2/b21-14+. The Kier molecular flexibility index (Phi) is 7.12. The van der Waals surface area contributed by atoms with Crippen LogP contribution in [0.2, 0.25) is 0 Å². The Morgan fingerprint density at radius 3 is 2.09 bits per heavy atom.